The zero-order valence-corrected chi connectivity index (χ0v) is 7.46. The highest BCUT2D eigenvalue weighted by Gasteiger charge is 2.17. The molecule has 0 bridgehead atoms. The summed E-state index contributed by atoms with van der Waals surface area (Å²) in [5, 5.41) is 2.04. The first kappa shape index (κ1) is 7.61. The van der Waals surface area contributed by atoms with E-state index in [0.29, 0.717) is 0 Å². The van der Waals surface area contributed by atoms with Crippen LogP contribution in [0.2, 0.25) is 0 Å². The number of nitrogen functional groups attached to an aromatic ring is 1. The molecule has 0 spiro atoms. The summed E-state index contributed by atoms with van der Waals surface area (Å²) in [7, 11) is 0. The molecule has 1 nitrogen and oxygen atoms in total. The zero-order valence-electron chi connectivity index (χ0n) is 6.64. The molecule has 1 heterocycles. The number of hydrogen-bond donors (Lipinski definition) is 1. The predicted molar refractivity (Wildman–Crippen MR) is 47.4 cm³/mol. The molecule has 0 fully saturated rings. The normalized spacial score (nSPS) is 11.9. The van der Waals surface area contributed by atoms with E-state index in [1.54, 1.807) is 11.3 Å². The molecule has 0 unspecified atom stereocenters. The van der Waals surface area contributed by atoms with Crippen LogP contribution in [0.5, 0.6) is 0 Å². The van der Waals surface area contributed by atoms with Gasteiger partial charge in [0, 0.05) is 10.6 Å². The highest BCUT2D eigenvalue weighted by atomic mass is 32.1. The van der Waals surface area contributed by atoms with Gasteiger partial charge in [-0.3, -0.25) is 0 Å². The lowest BCUT2D eigenvalue weighted by Crippen LogP contribution is -2.10. The molecular weight excluding hydrogens is 142 g/mol. The Morgan fingerprint density at radius 3 is 2.20 bits per heavy atom. The summed E-state index contributed by atoms with van der Waals surface area (Å²) in [5.41, 5.74) is 6.87. The first-order valence-electron chi connectivity index (χ1n) is 3.35. The summed E-state index contributed by atoms with van der Waals surface area (Å²) in [6.45, 7) is 6.53. The Balaban J connectivity index is 3.05. The van der Waals surface area contributed by atoms with Crippen LogP contribution in [0, 0.1) is 0 Å². The number of nitrogens with two attached hydrogens (primary N) is 1. The van der Waals surface area contributed by atoms with Gasteiger partial charge in [0.05, 0.1) is 0 Å². The van der Waals surface area contributed by atoms with E-state index in [4.69, 9.17) is 5.73 Å². The van der Waals surface area contributed by atoms with E-state index in [1.807, 2.05) is 11.4 Å². The lowest BCUT2D eigenvalue weighted by molar-refractivity contribution is 0.606. The Morgan fingerprint density at radius 2 is 2.00 bits per heavy atom. The maximum Gasteiger partial charge on any atom is 0.0460 e. The summed E-state index contributed by atoms with van der Waals surface area (Å²) in [6.07, 6.45) is 0. The van der Waals surface area contributed by atoms with Crippen molar-refractivity contribution < 1.29 is 0 Å². The van der Waals surface area contributed by atoms with Crippen LogP contribution in [0.3, 0.4) is 0 Å². The van der Waals surface area contributed by atoms with Crippen molar-refractivity contribution >= 4 is 17.0 Å². The molecule has 1 aromatic rings. The summed E-state index contributed by atoms with van der Waals surface area (Å²) < 4.78 is 0. The molecule has 0 aliphatic carbocycles. The van der Waals surface area contributed by atoms with Crippen molar-refractivity contribution in [3.63, 3.8) is 0 Å². The number of anilines is 1. The highest BCUT2D eigenvalue weighted by Crippen LogP contribution is 2.32. The van der Waals surface area contributed by atoms with Gasteiger partial charge in [-0.15, -0.1) is 11.3 Å². The largest absolute Gasteiger partial charge is 0.398 e. The molecule has 0 aromatic carbocycles. The molecule has 1 aromatic heterocycles. The van der Waals surface area contributed by atoms with Gasteiger partial charge < -0.3 is 5.73 Å². The zero-order chi connectivity index (χ0) is 7.78. The predicted octanol–water partition coefficient (Wildman–Crippen LogP) is 2.63. The Bertz CT molecular complexity index is 219. The quantitative estimate of drug-likeness (QED) is 0.612. The van der Waals surface area contributed by atoms with Gasteiger partial charge in [0.1, 0.15) is 0 Å². The van der Waals surface area contributed by atoms with Crippen molar-refractivity contribution in [3.8, 4) is 0 Å². The lowest BCUT2D eigenvalue weighted by atomic mass is 9.94. The van der Waals surface area contributed by atoms with Crippen molar-refractivity contribution in [3.05, 3.63) is 16.3 Å². The minimum absolute atomic E-state index is 0.207. The van der Waals surface area contributed by atoms with E-state index in [9.17, 15) is 0 Å². The van der Waals surface area contributed by atoms with E-state index < -0.39 is 0 Å². The summed E-state index contributed by atoms with van der Waals surface area (Å²) in [5.74, 6) is 0. The Labute approximate surface area is 65.9 Å². The van der Waals surface area contributed by atoms with Crippen molar-refractivity contribution in [1.29, 1.82) is 0 Å². The van der Waals surface area contributed by atoms with Crippen LogP contribution in [-0.4, -0.2) is 0 Å². The molecule has 0 aliphatic rings. The highest BCUT2D eigenvalue weighted by molar-refractivity contribution is 7.10. The van der Waals surface area contributed by atoms with Gasteiger partial charge in [-0.05, 0) is 16.9 Å². The third-order valence-corrected chi connectivity index (χ3v) is 2.73. The summed E-state index contributed by atoms with van der Waals surface area (Å²) in [6, 6.07) is 1.96. The lowest BCUT2D eigenvalue weighted by Gasteiger charge is -2.16. The fraction of sp³-hybridized carbons (Fsp3) is 0.500. The topological polar surface area (TPSA) is 26.0 Å². The van der Waals surface area contributed by atoms with Gasteiger partial charge >= 0.3 is 0 Å². The minimum Gasteiger partial charge on any atom is -0.398 e. The molecule has 2 heteroatoms. The van der Waals surface area contributed by atoms with Gasteiger partial charge in [0.15, 0.2) is 0 Å². The second kappa shape index (κ2) is 2.27. The molecule has 0 aliphatic heterocycles. The molecule has 0 amide bonds. The third kappa shape index (κ3) is 1.32. The van der Waals surface area contributed by atoms with Gasteiger partial charge in [-0.25, -0.2) is 0 Å². The van der Waals surface area contributed by atoms with Crippen LogP contribution >= 0.6 is 11.3 Å². The van der Waals surface area contributed by atoms with Gasteiger partial charge in [-0.1, -0.05) is 20.8 Å². The first-order chi connectivity index (χ1) is 4.52. The Hall–Kier alpha value is -0.500. The van der Waals surface area contributed by atoms with Gasteiger partial charge in [0.2, 0.25) is 0 Å². The maximum atomic E-state index is 5.74. The van der Waals surface area contributed by atoms with Crippen molar-refractivity contribution in [1.82, 2.24) is 0 Å². The number of thiophene rings is 1. The van der Waals surface area contributed by atoms with E-state index in [1.165, 1.54) is 4.88 Å². The average Bonchev–Trinajstić information content (AvgIpc) is 2.11. The fourth-order valence-electron chi connectivity index (χ4n) is 0.929. The van der Waals surface area contributed by atoms with Crippen molar-refractivity contribution in [2.45, 2.75) is 26.2 Å². The first-order valence-corrected chi connectivity index (χ1v) is 4.23. The molecule has 0 atom stereocenters. The molecule has 10 heavy (non-hydrogen) atoms. The maximum absolute atomic E-state index is 5.74. The molecular formula is C8H13NS. The smallest absolute Gasteiger partial charge is 0.0460 e. The second-order valence-electron chi connectivity index (χ2n) is 3.46. The van der Waals surface area contributed by atoms with E-state index >= 15 is 0 Å². The minimum atomic E-state index is 0.207. The molecule has 1 rings (SSSR count). The molecule has 56 valence electrons. The Morgan fingerprint density at radius 1 is 1.40 bits per heavy atom. The van der Waals surface area contributed by atoms with Crippen molar-refractivity contribution in [2.24, 2.45) is 0 Å². The summed E-state index contributed by atoms with van der Waals surface area (Å²) in [4.78, 5) is 1.28. The van der Waals surface area contributed by atoms with Crippen LogP contribution in [0.1, 0.15) is 25.6 Å². The fourth-order valence-corrected chi connectivity index (χ4v) is 1.84. The van der Waals surface area contributed by atoms with Crippen molar-refractivity contribution in [2.75, 3.05) is 5.73 Å². The van der Waals surface area contributed by atoms with Crippen LogP contribution in [0.4, 0.5) is 5.69 Å². The molecule has 0 saturated heterocycles. The summed E-state index contributed by atoms with van der Waals surface area (Å²) >= 11 is 1.73. The van der Waals surface area contributed by atoms with E-state index in [-0.39, 0.29) is 5.41 Å². The molecule has 0 radical (unpaired) electrons. The second-order valence-corrected chi connectivity index (χ2v) is 4.37. The third-order valence-electron chi connectivity index (χ3n) is 1.38. The Kier molecular flexibility index (Phi) is 1.73. The van der Waals surface area contributed by atoms with Crippen LogP contribution in [0.25, 0.3) is 0 Å². The average molecular weight is 155 g/mol. The van der Waals surface area contributed by atoms with Gasteiger partial charge in [-0.2, -0.15) is 0 Å². The van der Waals surface area contributed by atoms with Crippen LogP contribution in [0.15, 0.2) is 11.4 Å². The number of hydrogen-bond acceptors (Lipinski definition) is 2. The van der Waals surface area contributed by atoms with Gasteiger partial charge in [0.25, 0.3) is 0 Å². The monoisotopic (exact) mass is 155 g/mol. The van der Waals surface area contributed by atoms with Crippen LogP contribution in [-0.2, 0) is 5.41 Å². The SMILES string of the molecule is CC(C)(C)c1sccc1N. The molecule has 0 saturated carbocycles. The van der Waals surface area contributed by atoms with E-state index in [0.717, 1.165) is 5.69 Å². The molecule has 2 N–H and O–H groups in total. The van der Waals surface area contributed by atoms with Crippen LogP contribution < -0.4 is 5.73 Å². The number of rotatable bonds is 0. The standard InChI is InChI=1S/C8H13NS/c1-8(2,3)7-6(9)4-5-10-7/h4-5H,9H2,1-3H3. The van der Waals surface area contributed by atoms with E-state index in [2.05, 4.69) is 20.8 Å².